The van der Waals surface area contributed by atoms with E-state index in [-0.39, 0.29) is 18.1 Å². The van der Waals surface area contributed by atoms with Gasteiger partial charge in [0, 0.05) is 19.1 Å². The van der Waals surface area contributed by atoms with E-state index in [2.05, 4.69) is 17.4 Å². The predicted octanol–water partition coefficient (Wildman–Crippen LogP) is 2.31. The molecule has 1 aromatic rings. The van der Waals surface area contributed by atoms with E-state index < -0.39 is 0 Å². The lowest BCUT2D eigenvalue weighted by atomic mass is 10.1. The highest BCUT2D eigenvalue weighted by molar-refractivity contribution is 5.82. The van der Waals surface area contributed by atoms with Crippen LogP contribution in [0.4, 0.5) is 0 Å². The van der Waals surface area contributed by atoms with Crippen LogP contribution in [-0.2, 0) is 14.3 Å². The third-order valence-electron chi connectivity index (χ3n) is 3.50. The summed E-state index contributed by atoms with van der Waals surface area (Å²) in [6, 6.07) is 10.2. The largest absolute Gasteiger partial charge is 0.351 e. The lowest BCUT2D eigenvalue weighted by molar-refractivity contribution is -0.141. The van der Waals surface area contributed by atoms with Crippen molar-refractivity contribution >= 4 is 5.91 Å². The molecule has 0 heterocycles. The Balaban J connectivity index is 1.76. The molecule has 1 saturated carbocycles. The van der Waals surface area contributed by atoms with Crippen LogP contribution in [0, 0.1) is 5.92 Å². The van der Waals surface area contributed by atoms with Gasteiger partial charge in [-0.3, -0.25) is 4.79 Å². The number of carbonyl (C=O) groups is 1. The Bertz CT molecular complexity index is 415. The molecule has 1 amide bonds. The first-order valence-electron chi connectivity index (χ1n) is 7.32. The Morgan fingerprint density at radius 3 is 2.50 bits per heavy atom. The third-order valence-corrected chi connectivity index (χ3v) is 3.50. The lowest BCUT2D eigenvalue weighted by Crippen LogP contribution is -2.36. The molecule has 0 aliphatic heterocycles. The number of carbonyl (C=O) groups excluding carboxylic acids is 1. The first-order chi connectivity index (χ1) is 9.76. The van der Waals surface area contributed by atoms with Crippen molar-refractivity contribution < 1.29 is 14.3 Å². The van der Waals surface area contributed by atoms with E-state index in [4.69, 9.17) is 9.47 Å². The standard InChI is InChI=1S/C16H23NO3/c1-3-19-15(20-4-2)11-17-16(18)14-10-13(14)12-8-6-5-7-9-12/h5-9,13-15H,3-4,10-11H2,1-2H3,(H,17,18). The highest BCUT2D eigenvalue weighted by atomic mass is 16.7. The monoisotopic (exact) mass is 277 g/mol. The van der Waals surface area contributed by atoms with Gasteiger partial charge >= 0.3 is 0 Å². The van der Waals surface area contributed by atoms with E-state index in [1.54, 1.807) is 0 Å². The first kappa shape index (κ1) is 15.0. The van der Waals surface area contributed by atoms with Crippen LogP contribution in [0.25, 0.3) is 0 Å². The minimum absolute atomic E-state index is 0.0984. The Morgan fingerprint density at radius 2 is 1.90 bits per heavy atom. The van der Waals surface area contributed by atoms with Crippen LogP contribution < -0.4 is 5.32 Å². The molecule has 2 unspecified atom stereocenters. The Hall–Kier alpha value is -1.39. The molecule has 1 aliphatic carbocycles. The summed E-state index contributed by atoms with van der Waals surface area (Å²) in [4.78, 5) is 12.1. The van der Waals surface area contributed by atoms with E-state index in [9.17, 15) is 4.79 Å². The van der Waals surface area contributed by atoms with E-state index in [0.717, 1.165) is 6.42 Å². The van der Waals surface area contributed by atoms with Crippen LogP contribution in [-0.4, -0.2) is 32.0 Å². The molecule has 0 spiro atoms. The van der Waals surface area contributed by atoms with Crippen molar-refractivity contribution in [3.05, 3.63) is 35.9 Å². The highest BCUT2D eigenvalue weighted by Crippen LogP contribution is 2.47. The minimum Gasteiger partial charge on any atom is -0.351 e. The number of hydrogen-bond donors (Lipinski definition) is 1. The van der Waals surface area contributed by atoms with Crippen molar-refractivity contribution in [1.29, 1.82) is 0 Å². The number of nitrogens with one attached hydrogen (secondary N) is 1. The van der Waals surface area contributed by atoms with Gasteiger partial charge in [0.1, 0.15) is 0 Å². The summed E-state index contributed by atoms with van der Waals surface area (Å²) in [6.07, 6.45) is 0.590. The SMILES string of the molecule is CCOC(CNC(=O)C1CC1c1ccccc1)OCC. The number of hydrogen-bond acceptors (Lipinski definition) is 3. The van der Waals surface area contributed by atoms with Crippen LogP contribution in [0.15, 0.2) is 30.3 Å². The molecule has 4 heteroatoms. The summed E-state index contributed by atoms with van der Waals surface area (Å²) in [5.74, 6) is 0.568. The molecule has 4 nitrogen and oxygen atoms in total. The van der Waals surface area contributed by atoms with Crippen molar-refractivity contribution in [2.24, 2.45) is 5.92 Å². The number of amides is 1. The zero-order valence-corrected chi connectivity index (χ0v) is 12.2. The van der Waals surface area contributed by atoms with Gasteiger partial charge in [0.15, 0.2) is 6.29 Å². The van der Waals surface area contributed by atoms with Gasteiger partial charge < -0.3 is 14.8 Å². The van der Waals surface area contributed by atoms with Gasteiger partial charge in [-0.2, -0.15) is 0 Å². The van der Waals surface area contributed by atoms with Crippen LogP contribution >= 0.6 is 0 Å². The third kappa shape index (κ3) is 4.05. The Morgan fingerprint density at radius 1 is 1.25 bits per heavy atom. The molecule has 0 saturated heterocycles. The van der Waals surface area contributed by atoms with E-state index in [1.165, 1.54) is 5.56 Å². The van der Waals surface area contributed by atoms with Crippen LogP contribution in [0.3, 0.4) is 0 Å². The summed E-state index contributed by atoms with van der Waals surface area (Å²) in [5.41, 5.74) is 1.25. The smallest absolute Gasteiger partial charge is 0.223 e. The Kier molecular flexibility index (Phi) is 5.56. The summed E-state index contributed by atoms with van der Waals surface area (Å²) in [7, 11) is 0. The zero-order valence-electron chi connectivity index (χ0n) is 12.2. The van der Waals surface area contributed by atoms with Crippen molar-refractivity contribution in [2.45, 2.75) is 32.5 Å². The second-order valence-electron chi connectivity index (χ2n) is 4.94. The van der Waals surface area contributed by atoms with Crippen LogP contribution in [0.5, 0.6) is 0 Å². The van der Waals surface area contributed by atoms with Gasteiger partial charge in [-0.05, 0) is 31.7 Å². The second-order valence-corrected chi connectivity index (χ2v) is 4.94. The molecule has 1 aliphatic rings. The van der Waals surface area contributed by atoms with Crippen LogP contribution in [0.2, 0.25) is 0 Å². The van der Waals surface area contributed by atoms with Gasteiger partial charge in [-0.25, -0.2) is 0 Å². The summed E-state index contributed by atoms with van der Waals surface area (Å²) >= 11 is 0. The topological polar surface area (TPSA) is 47.6 Å². The van der Waals surface area contributed by atoms with Crippen molar-refractivity contribution in [1.82, 2.24) is 5.32 Å². The van der Waals surface area contributed by atoms with Crippen LogP contribution in [0.1, 0.15) is 31.7 Å². The van der Waals surface area contributed by atoms with E-state index >= 15 is 0 Å². The molecule has 2 atom stereocenters. The maximum atomic E-state index is 12.1. The van der Waals surface area contributed by atoms with E-state index in [1.807, 2.05) is 32.0 Å². The molecular formula is C16H23NO3. The fourth-order valence-corrected chi connectivity index (χ4v) is 2.41. The number of ether oxygens (including phenoxy) is 2. The molecular weight excluding hydrogens is 254 g/mol. The van der Waals surface area contributed by atoms with Gasteiger partial charge in [0.2, 0.25) is 5.91 Å². The molecule has 2 rings (SSSR count). The number of rotatable bonds is 8. The second kappa shape index (κ2) is 7.41. The number of benzene rings is 1. The lowest BCUT2D eigenvalue weighted by Gasteiger charge is -2.17. The minimum atomic E-state index is -0.345. The first-order valence-corrected chi connectivity index (χ1v) is 7.32. The molecule has 1 aromatic carbocycles. The molecule has 20 heavy (non-hydrogen) atoms. The van der Waals surface area contributed by atoms with Gasteiger partial charge in [-0.15, -0.1) is 0 Å². The quantitative estimate of drug-likeness (QED) is 0.742. The molecule has 1 N–H and O–H groups in total. The van der Waals surface area contributed by atoms with Gasteiger partial charge in [-0.1, -0.05) is 30.3 Å². The van der Waals surface area contributed by atoms with Crippen molar-refractivity contribution in [3.8, 4) is 0 Å². The van der Waals surface area contributed by atoms with E-state index in [0.29, 0.717) is 25.7 Å². The average molecular weight is 277 g/mol. The molecule has 1 fully saturated rings. The molecule has 0 radical (unpaired) electrons. The Labute approximate surface area is 120 Å². The summed E-state index contributed by atoms with van der Waals surface area (Å²) in [6.45, 7) is 5.41. The van der Waals surface area contributed by atoms with Gasteiger partial charge in [0.05, 0.1) is 6.54 Å². The normalized spacial score (nSPS) is 20.9. The zero-order chi connectivity index (χ0) is 14.4. The molecule has 110 valence electrons. The van der Waals surface area contributed by atoms with Gasteiger partial charge in [0.25, 0.3) is 0 Å². The summed E-state index contributed by atoms with van der Waals surface area (Å²) in [5, 5.41) is 2.93. The average Bonchev–Trinajstić information content (AvgIpc) is 3.26. The molecule has 0 aromatic heterocycles. The fraction of sp³-hybridized carbons (Fsp3) is 0.562. The van der Waals surface area contributed by atoms with Crippen molar-refractivity contribution in [3.63, 3.8) is 0 Å². The maximum Gasteiger partial charge on any atom is 0.223 e. The summed E-state index contributed by atoms with van der Waals surface area (Å²) < 4.78 is 10.8. The van der Waals surface area contributed by atoms with Crippen molar-refractivity contribution in [2.75, 3.05) is 19.8 Å². The highest BCUT2D eigenvalue weighted by Gasteiger charge is 2.43. The fourth-order valence-electron chi connectivity index (χ4n) is 2.41. The maximum absolute atomic E-state index is 12.1. The molecule has 0 bridgehead atoms. The predicted molar refractivity (Wildman–Crippen MR) is 77.3 cm³/mol.